The molecule has 3 heteroatoms. The second kappa shape index (κ2) is 4.88. The van der Waals surface area contributed by atoms with Crippen LogP contribution in [-0.4, -0.2) is 13.1 Å². The molecule has 2 nitrogen and oxygen atoms in total. The molecule has 1 aliphatic rings. The van der Waals surface area contributed by atoms with Gasteiger partial charge in [0.15, 0.2) is 0 Å². The average Bonchev–Trinajstić information content (AvgIpc) is 2.27. The minimum atomic E-state index is -0.150. The third kappa shape index (κ3) is 2.83. The van der Waals surface area contributed by atoms with Gasteiger partial charge in [-0.3, -0.25) is 0 Å². The molecule has 0 amide bonds. The van der Waals surface area contributed by atoms with Gasteiger partial charge in [0.05, 0.1) is 5.69 Å². The van der Waals surface area contributed by atoms with E-state index in [4.69, 9.17) is 5.73 Å². The summed E-state index contributed by atoms with van der Waals surface area (Å²) in [4.78, 5) is 2.16. The van der Waals surface area contributed by atoms with Gasteiger partial charge in [-0.2, -0.15) is 0 Å². The summed E-state index contributed by atoms with van der Waals surface area (Å²) in [5, 5.41) is 0. The van der Waals surface area contributed by atoms with E-state index in [9.17, 15) is 4.39 Å². The van der Waals surface area contributed by atoms with Gasteiger partial charge in [0.1, 0.15) is 5.82 Å². The van der Waals surface area contributed by atoms with Gasteiger partial charge in [0.25, 0.3) is 0 Å². The third-order valence-corrected chi connectivity index (χ3v) is 3.74. The van der Waals surface area contributed by atoms with Crippen molar-refractivity contribution in [2.75, 3.05) is 18.0 Å². The van der Waals surface area contributed by atoms with Crippen molar-refractivity contribution >= 4 is 5.69 Å². The molecular weight excluding hydrogens is 227 g/mol. The van der Waals surface area contributed by atoms with Gasteiger partial charge in [-0.15, -0.1) is 0 Å². The number of halogens is 1. The number of hydrogen-bond donors (Lipinski definition) is 1. The number of benzene rings is 1. The topological polar surface area (TPSA) is 29.3 Å². The van der Waals surface area contributed by atoms with Crippen molar-refractivity contribution in [3.8, 4) is 0 Å². The highest BCUT2D eigenvalue weighted by molar-refractivity contribution is 5.50. The lowest BCUT2D eigenvalue weighted by atomic mass is 9.84. The fourth-order valence-electron chi connectivity index (χ4n) is 2.69. The molecule has 0 bridgehead atoms. The lowest BCUT2D eigenvalue weighted by Crippen LogP contribution is -2.40. The first kappa shape index (κ1) is 13.3. The fraction of sp³-hybridized carbons (Fsp3) is 0.600. The zero-order valence-corrected chi connectivity index (χ0v) is 11.5. The van der Waals surface area contributed by atoms with Crippen LogP contribution in [0.5, 0.6) is 0 Å². The highest BCUT2D eigenvalue weighted by Crippen LogP contribution is 2.33. The van der Waals surface area contributed by atoms with E-state index in [1.165, 1.54) is 6.42 Å². The van der Waals surface area contributed by atoms with Gasteiger partial charge in [-0.05, 0) is 42.9 Å². The second-order valence-corrected chi connectivity index (χ2v) is 6.19. The molecule has 1 fully saturated rings. The molecule has 0 saturated carbocycles. The summed E-state index contributed by atoms with van der Waals surface area (Å²) >= 11 is 0. The summed E-state index contributed by atoms with van der Waals surface area (Å²) in [6.07, 6.45) is 2.34. The monoisotopic (exact) mass is 250 g/mol. The van der Waals surface area contributed by atoms with Crippen molar-refractivity contribution in [2.24, 2.45) is 11.1 Å². The van der Waals surface area contributed by atoms with Gasteiger partial charge >= 0.3 is 0 Å². The number of nitrogens with zero attached hydrogens (tertiary/aromatic N) is 1. The maximum Gasteiger partial charge on any atom is 0.146 e. The van der Waals surface area contributed by atoms with Crippen LogP contribution >= 0.6 is 0 Å². The molecular formula is C15H23FN2. The van der Waals surface area contributed by atoms with Gasteiger partial charge in [-0.1, -0.05) is 19.9 Å². The lowest BCUT2D eigenvalue weighted by Gasteiger charge is -2.39. The molecule has 1 aliphatic heterocycles. The minimum Gasteiger partial charge on any atom is -0.369 e. The Morgan fingerprint density at radius 3 is 2.67 bits per heavy atom. The first-order valence-electron chi connectivity index (χ1n) is 6.69. The van der Waals surface area contributed by atoms with Gasteiger partial charge in [-0.25, -0.2) is 4.39 Å². The Morgan fingerprint density at radius 2 is 2.11 bits per heavy atom. The number of rotatable bonds is 2. The molecule has 1 aromatic carbocycles. The van der Waals surface area contributed by atoms with E-state index in [1.807, 2.05) is 19.1 Å². The summed E-state index contributed by atoms with van der Waals surface area (Å²) in [5.74, 6) is -0.150. The zero-order valence-electron chi connectivity index (χ0n) is 11.5. The van der Waals surface area contributed by atoms with Crippen LogP contribution in [0.3, 0.4) is 0 Å². The molecule has 1 saturated heterocycles. The molecule has 0 aromatic heterocycles. The largest absolute Gasteiger partial charge is 0.369 e. The molecule has 1 aromatic rings. The Morgan fingerprint density at radius 1 is 1.39 bits per heavy atom. The Kier molecular flexibility index (Phi) is 3.62. The van der Waals surface area contributed by atoms with E-state index in [1.54, 1.807) is 6.07 Å². The van der Waals surface area contributed by atoms with E-state index in [0.29, 0.717) is 5.69 Å². The highest BCUT2D eigenvalue weighted by Gasteiger charge is 2.27. The number of hydrogen-bond acceptors (Lipinski definition) is 2. The van der Waals surface area contributed by atoms with Gasteiger partial charge in [0, 0.05) is 19.1 Å². The molecule has 0 radical (unpaired) electrons. The van der Waals surface area contributed by atoms with E-state index in [-0.39, 0.29) is 17.3 Å². The molecule has 100 valence electrons. The van der Waals surface area contributed by atoms with Crippen LogP contribution in [-0.2, 0) is 0 Å². The predicted molar refractivity (Wildman–Crippen MR) is 74.2 cm³/mol. The number of piperidine rings is 1. The Hall–Kier alpha value is -1.09. The van der Waals surface area contributed by atoms with E-state index < -0.39 is 0 Å². The smallest absolute Gasteiger partial charge is 0.146 e. The van der Waals surface area contributed by atoms with Crippen molar-refractivity contribution in [1.82, 2.24) is 0 Å². The number of nitrogens with two attached hydrogens (primary N) is 1. The summed E-state index contributed by atoms with van der Waals surface area (Å²) in [6, 6.07) is 5.26. The van der Waals surface area contributed by atoms with Crippen LogP contribution in [0.25, 0.3) is 0 Å². The van der Waals surface area contributed by atoms with Crippen LogP contribution in [0, 0.1) is 11.2 Å². The predicted octanol–water partition coefficient (Wildman–Crippen LogP) is 3.47. The summed E-state index contributed by atoms with van der Waals surface area (Å²) in [5.41, 5.74) is 7.61. The maximum absolute atomic E-state index is 14.1. The van der Waals surface area contributed by atoms with E-state index in [0.717, 1.165) is 25.1 Å². The van der Waals surface area contributed by atoms with Crippen molar-refractivity contribution in [3.63, 3.8) is 0 Å². The SMILES string of the molecule is CC(N)c1ccc(N2CCCC(C)(C)C2)c(F)c1. The van der Waals surface area contributed by atoms with Crippen LogP contribution in [0.15, 0.2) is 18.2 Å². The second-order valence-electron chi connectivity index (χ2n) is 6.19. The molecule has 2 N–H and O–H groups in total. The quantitative estimate of drug-likeness (QED) is 0.870. The summed E-state index contributed by atoms with van der Waals surface area (Å²) < 4.78 is 14.1. The highest BCUT2D eigenvalue weighted by atomic mass is 19.1. The molecule has 2 rings (SSSR count). The molecule has 1 heterocycles. The third-order valence-electron chi connectivity index (χ3n) is 3.74. The first-order valence-corrected chi connectivity index (χ1v) is 6.69. The van der Waals surface area contributed by atoms with E-state index in [2.05, 4.69) is 18.7 Å². The van der Waals surface area contributed by atoms with Crippen LogP contribution in [0.1, 0.15) is 45.2 Å². The molecule has 0 spiro atoms. The van der Waals surface area contributed by atoms with Crippen molar-refractivity contribution in [2.45, 2.75) is 39.7 Å². The molecule has 1 unspecified atom stereocenters. The van der Waals surface area contributed by atoms with Crippen molar-refractivity contribution < 1.29 is 4.39 Å². The Labute approximate surface area is 109 Å². The first-order chi connectivity index (χ1) is 8.39. The summed E-state index contributed by atoms with van der Waals surface area (Å²) in [7, 11) is 0. The van der Waals surface area contributed by atoms with Crippen LogP contribution in [0.2, 0.25) is 0 Å². The molecule has 1 atom stereocenters. The van der Waals surface area contributed by atoms with Crippen LogP contribution in [0.4, 0.5) is 10.1 Å². The lowest BCUT2D eigenvalue weighted by molar-refractivity contribution is 0.292. The van der Waals surface area contributed by atoms with Crippen LogP contribution < -0.4 is 10.6 Å². The summed E-state index contributed by atoms with van der Waals surface area (Å²) in [6.45, 7) is 8.22. The maximum atomic E-state index is 14.1. The van der Waals surface area contributed by atoms with Gasteiger partial charge < -0.3 is 10.6 Å². The zero-order chi connectivity index (χ0) is 13.3. The van der Waals surface area contributed by atoms with Gasteiger partial charge in [0.2, 0.25) is 0 Å². The Balaban J connectivity index is 2.23. The van der Waals surface area contributed by atoms with Crippen molar-refractivity contribution in [1.29, 1.82) is 0 Å². The molecule has 18 heavy (non-hydrogen) atoms. The fourth-order valence-corrected chi connectivity index (χ4v) is 2.69. The number of anilines is 1. The normalized spacial score (nSPS) is 20.8. The van der Waals surface area contributed by atoms with Crippen molar-refractivity contribution in [3.05, 3.63) is 29.6 Å². The minimum absolute atomic E-state index is 0.119. The van der Waals surface area contributed by atoms with E-state index >= 15 is 0 Å². The molecule has 0 aliphatic carbocycles. The standard InChI is InChI=1S/C15H23FN2/c1-11(17)12-5-6-14(13(16)9-12)18-8-4-7-15(2,3)10-18/h5-6,9,11H,4,7-8,10,17H2,1-3H3. The Bertz CT molecular complexity index is 427. The average molecular weight is 250 g/mol.